The Balaban J connectivity index is 1.84. The highest BCUT2D eigenvalue weighted by Crippen LogP contribution is 2.32. The fourth-order valence-corrected chi connectivity index (χ4v) is 4.22. The second-order valence-corrected chi connectivity index (χ2v) is 6.95. The molecule has 0 amide bonds. The van der Waals surface area contributed by atoms with Gasteiger partial charge in [-0.25, -0.2) is 4.79 Å². The highest BCUT2D eigenvalue weighted by Gasteiger charge is 2.15. The third kappa shape index (κ3) is 3.09. The van der Waals surface area contributed by atoms with Crippen molar-refractivity contribution in [3.8, 4) is 0 Å². The first kappa shape index (κ1) is 13.7. The summed E-state index contributed by atoms with van der Waals surface area (Å²) in [6, 6.07) is 7.76. The van der Waals surface area contributed by atoms with Crippen molar-refractivity contribution in [3.05, 3.63) is 45.8 Å². The molecular formula is C17H20O2S. The fraction of sp³-hybridized carbons (Fsp3) is 0.471. The molecule has 20 heavy (non-hydrogen) atoms. The monoisotopic (exact) mass is 288 g/mol. The van der Waals surface area contributed by atoms with Gasteiger partial charge in [-0.05, 0) is 37.0 Å². The average molecular weight is 288 g/mol. The predicted molar refractivity (Wildman–Crippen MR) is 85.4 cm³/mol. The summed E-state index contributed by atoms with van der Waals surface area (Å²) in [5.74, 6) is 0.913. The van der Waals surface area contributed by atoms with Crippen LogP contribution in [0.25, 0.3) is 11.0 Å². The lowest BCUT2D eigenvalue weighted by molar-refractivity contribution is 0.516. The molecule has 1 saturated carbocycles. The van der Waals surface area contributed by atoms with Gasteiger partial charge in [-0.15, -0.1) is 0 Å². The molecule has 2 aromatic rings. The summed E-state index contributed by atoms with van der Waals surface area (Å²) in [6.45, 7) is 2.02. The molecule has 2 nitrogen and oxygen atoms in total. The maximum Gasteiger partial charge on any atom is 0.336 e. The first-order valence-corrected chi connectivity index (χ1v) is 8.42. The molecule has 0 spiro atoms. The van der Waals surface area contributed by atoms with Crippen molar-refractivity contribution in [2.45, 2.75) is 50.0 Å². The molecule has 1 aliphatic rings. The number of thioether (sulfide) groups is 1. The van der Waals surface area contributed by atoms with Crippen molar-refractivity contribution in [1.82, 2.24) is 0 Å². The van der Waals surface area contributed by atoms with Crippen LogP contribution in [-0.2, 0) is 5.75 Å². The Morgan fingerprint density at radius 2 is 2.00 bits per heavy atom. The molecule has 0 atom stereocenters. The molecule has 1 heterocycles. The van der Waals surface area contributed by atoms with Crippen molar-refractivity contribution in [2.24, 2.45) is 0 Å². The molecule has 106 valence electrons. The van der Waals surface area contributed by atoms with Gasteiger partial charge >= 0.3 is 5.63 Å². The first-order chi connectivity index (χ1) is 9.72. The Kier molecular flexibility index (Phi) is 4.16. The summed E-state index contributed by atoms with van der Waals surface area (Å²) in [6.07, 6.45) is 6.74. The lowest BCUT2D eigenvalue weighted by Gasteiger charge is -2.21. The third-order valence-corrected chi connectivity index (χ3v) is 5.43. The molecular weight excluding hydrogens is 268 g/mol. The first-order valence-electron chi connectivity index (χ1n) is 7.37. The summed E-state index contributed by atoms with van der Waals surface area (Å²) in [5, 5.41) is 1.84. The SMILES string of the molecule is Cc1ccc2c(CSC3CCCCC3)cc(=O)oc2c1. The van der Waals surface area contributed by atoms with Gasteiger partial charge in [0, 0.05) is 22.5 Å². The van der Waals surface area contributed by atoms with Crippen molar-refractivity contribution in [3.63, 3.8) is 0 Å². The van der Waals surface area contributed by atoms with Crippen LogP contribution in [0, 0.1) is 6.92 Å². The maximum absolute atomic E-state index is 11.7. The molecule has 3 heteroatoms. The number of hydrogen-bond acceptors (Lipinski definition) is 3. The van der Waals surface area contributed by atoms with E-state index in [1.807, 2.05) is 24.8 Å². The van der Waals surface area contributed by atoms with E-state index in [-0.39, 0.29) is 5.63 Å². The lowest BCUT2D eigenvalue weighted by atomic mass is 10.0. The van der Waals surface area contributed by atoms with E-state index in [0.717, 1.165) is 33.1 Å². The van der Waals surface area contributed by atoms with Crippen LogP contribution in [0.3, 0.4) is 0 Å². The standard InChI is InChI=1S/C17H20O2S/c1-12-7-8-15-13(10-17(18)19-16(15)9-12)11-20-14-5-3-2-4-6-14/h7-10,14H,2-6,11H2,1H3. The Morgan fingerprint density at radius 1 is 1.20 bits per heavy atom. The van der Waals surface area contributed by atoms with E-state index in [1.165, 1.54) is 32.1 Å². The van der Waals surface area contributed by atoms with Crippen molar-refractivity contribution >= 4 is 22.7 Å². The summed E-state index contributed by atoms with van der Waals surface area (Å²) in [4.78, 5) is 11.7. The Hall–Kier alpha value is -1.22. The molecule has 0 unspecified atom stereocenters. The largest absolute Gasteiger partial charge is 0.423 e. The van der Waals surface area contributed by atoms with E-state index in [4.69, 9.17) is 4.42 Å². The highest BCUT2D eigenvalue weighted by molar-refractivity contribution is 7.99. The second kappa shape index (κ2) is 6.04. The van der Waals surface area contributed by atoms with Gasteiger partial charge in [0.2, 0.25) is 0 Å². The van der Waals surface area contributed by atoms with Gasteiger partial charge < -0.3 is 4.42 Å². The van der Waals surface area contributed by atoms with Gasteiger partial charge in [0.15, 0.2) is 0 Å². The zero-order valence-electron chi connectivity index (χ0n) is 11.9. The van der Waals surface area contributed by atoms with E-state index < -0.39 is 0 Å². The molecule has 1 aliphatic carbocycles. The third-order valence-electron chi connectivity index (χ3n) is 4.01. The molecule has 0 aliphatic heterocycles. The minimum absolute atomic E-state index is 0.234. The zero-order valence-corrected chi connectivity index (χ0v) is 12.7. The summed E-state index contributed by atoms with van der Waals surface area (Å²) < 4.78 is 5.31. The topological polar surface area (TPSA) is 30.2 Å². The molecule has 0 saturated heterocycles. The van der Waals surface area contributed by atoms with Crippen LogP contribution < -0.4 is 5.63 Å². The number of hydrogen-bond donors (Lipinski definition) is 0. The molecule has 0 bridgehead atoms. The molecule has 3 rings (SSSR count). The highest BCUT2D eigenvalue weighted by atomic mass is 32.2. The van der Waals surface area contributed by atoms with Gasteiger partial charge in [0.25, 0.3) is 0 Å². The normalized spacial score (nSPS) is 16.6. The molecule has 1 aromatic heterocycles. The van der Waals surface area contributed by atoms with Crippen LogP contribution >= 0.6 is 11.8 Å². The van der Waals surface area contributed by atoms with Crippen LogP contribution in [0.5, 0.6) is 0 Å². The predicted octanol–water partition coefficient (Wildman–Crippen LogP) is 4.67. The van der Waals surface area contributed by atoms with E-state index >= 15 is 0 Å². The van der Waals surface area contributed by atoms with E-state index in [2.05, 4.69) is 12.1 Å². The maximum atomic E-state index is 11.7. The van der Waals surface area contributed by atoms with Crippen LogP contribution in [0.15, 0.2) is 33.5 Å². The number of rotatable bonds is 3. The second-order valence-electron chi connectivity index (χ2n) is 5.66. The minimum Gasteiger partial charge on any atom is -0.423 e. The Bertz CT molecular complexity index is 654. The van der Waals surface area contributed by atoms with Gasteiger partial charge in [0.05, 0.1) is 0 Å². The molecule has 0 radical (unpaired) electrons. The quantitative estimate of drug-likeness (QED) is 0.769. The van der Waals surface area contributed by atoms with E-state index in [0.29, 0.717) is 0 Å². The van der Waals surface area contributed by atoms with Crippen LogP contribution in [0.1, 0.15) is 43.2 Å². The number of benzene rings is 1. The minimum atomic E-state index is -0.234. The van der Waals surface area contributed by atoms with Gasteiger partial charge in [0.1, 0.15) is 5.58 Å². The van der Waals surface area contributed by atoms with Crippen LogP contribution in [0.4, 0.5) is 0 Å². The molecule has 0 N–H and O–H groups in total. The summed E-state index contributed by atoms with van der Waals surface area (Å²) >= 11 is 2.00. The van der Waals surface area contributed by atoms with Gasteiger partial charge in [-0.1, -0.05) is 31.4 Å². The summed E-state index contributed by atoms with van der Waals surface area (Å²) in [5.41, 5.74) is 2.73. The fourth-order valence-electron chi connectivity index (χ4n) is 2.90. The average Bonchev–Trinajstić information content (AvgIpc) is 2.45. The van der Waals surface area contributed by atoms with E-state index in [9.17, 15) is 4.79 Å². The number of fused-ring (bicyclic) bond motifs is 1. The molecule has 1 aromatic carbocycles. The van der Waals surface area contributed by atoms with Crippen LogP contribution in [-0.4, -0.2) is 5.25 Å². The lowest BCUT2D eigenvalue weighted by Crippen LogP contribution is -2.09. The van der Waals surface area contributed by atoms with E-state index in [1.54, 1.807) is 6.07 Å². The van der Waals surface area contributed by atoms with Crippen LogP contribution in [0.2, 0.25) is 0 Å². The Morgan fingerprint density at radius 3 is 2.80 bits per heavy atom. The van der Waals surface area contributed by atoms with Crippen molar-refractivity contribution in [2.75, 3.05) is 0 Å². The number of aryl methyl sites for hydroxylation is 1. The zero-order chi connectivity index (χ0) is 13.9. The smallest absolute Gasteiger partial charge is 0.336 e. The molecule has 1 fully saturated rings. The Labute approximate surface area is 123 Å². The van der Waals surface area contributed by atoms with Crippen molar-refractivity contribution < 1.29 is 4.42 Å². The van der Waals surface area contributed by atoms with Gasteiger partial charge in [-0.2, -0.15) is 11.8 Å². The summed E-state index contributed by atoms with van der Waals surface area (Å²) in [7, 11) is 0. The van der Waals surface area contributed by atoms with Crippen molar-refractivity contribution in [1.29, 1.82) is 0 Å². The van der Waals surface area contributed by atoms with Gasteiger partial charge in [-0.3, -0.25) is 0 Å².